The van der Waals surface area contributed by atoms with E-state index < -0.39 is 0 Å². The third kappa shape index (κ3) is 4.30. The van der Waals surface area contributed by atoms with Crippen molar-refractivity contribution in [3.8, 4) is 11.6 Å². The molecule has 0 aliphatic carbocycles. The van der Waals surface area contributed by atoms with Crippen LogP contribution < -0.4 is 15.2 Å². The molecule has 96 valence electrons. The Bertz CT molecular complexity index is 370. The van der Waals surface area contributed by atoms with Gasteiger partial charge >= 0.3 is 0 Å². The van der Waals surface area contributed by atoms with Gasteiger partial charge in [0.1, 0.15) is 0 Å². The summed E-state index contributed by atoms with van der Waals surface area (Å²) in [5.41, 5.74) is 6.02. The lowest BCUT2D eigenvalue weighted by atomic mass is 10.1. The van der Waals surface area contributed by atoms with Crippen molar-refractivity contribution >= 4 is 17.3 Å². The maximum Gasteiger partial charge on any atom is 0.258 e. The standard InChI is InChI=1S/C12H19ClN2O2/c1-8(2)5-4-6-17-12-10(16-3)7-9(14)11(13)15-12/h7-8H,4-6,14H2,1-3H3. The smallest absolute Gasteiger partial charge is 0.258 e. The molecule has 5 heteroatoms. The van der Waals surface area contributed by atoms with E-state index in [4.69, 9.17) is 26.8 Å². The lowest BCUT2D eigenvalue weighted by molar-refractivity contribution is 0.269. The van der Waals surface area contributed by atoms with E-state index in [0.29, 0.717) is 29.8 Å². The molecule has 0 radical (unpaired) electrons. The third-order valence-corrected chi connectivity index (χ3v) is 2.62. The molecule has 0 aromatic carbocycles. The second-order valence-electron chi connectivity index (χ2n) is 4.26. The minimum atomic E-state index is 0.240. The van der Waals surface area contributed by atoms with Gasteiger partial charge in [0, 0.05) is 6.07 Å². The predicted octanol–water partition coefficient (Wildman–Crippen LogP) is 3.14. The Morgan fingerprint density at radius 3 is 2.76 bits per heavy atom. The van der Waals surface area contributed by atoms with Gasteiger partial charge in [-0.05, 0) is 18.8 Å². The molecule has 17 heavy (non-hydrogen) atoms. The molecular weight excluding hydrogens is 240 g/mol. The zero-order valence-corrected chi connectivity index (χ0v) is 11.3. The highest BCUT2D eigenvalue weighted by Crippen LogP contribution is 2.31. The molecule has 0 fully saturated rings. The van der Waals surface area contributed by atoms with Crippen LogP contribution in [-0.2, 0) is 0 Å². The van der Waals surface area contributed by atoms with E-state index in [9.17, 15) is 0 Å². The van der Waals surface area contributed by atoms with Crippen molar-refractivity contribution in [3.05, 3.63) is 11.2 Å². The molecule has 0 amide bonds. The maximum absolute atomic E-state index is 5.83. The normalized spacial score (nSPS) is 10.6. The Kier molecular flexibility index (Phi) is 5.35. The summed E-state index contributed by atoms with van der Waals surface area (Å²) in [5.74, 6) is 1.58. The van der Waals surface area contributed by atoms with Gasteiger partial charge in [0.15, 0.2) is 10.9 Å². The minimum absolute atomic E-state index is 0.240. The second-order valence-corrected chi connectivity index (χ2v) is 4.62. The predicted molar refractivity (Wildman–Crippen MR) is 69.8 cm³/mol. The van der Waals surface area contributed by atoms with Crippen LogP contribution in [0.25, 0.3) is 0 Å². The SMILES string of the molecule is COc1cc(N)c(Cl)nc1OCCCC(C)C. The fraction of sp³-hybridized carbons (Fsp3) is 0.583. The summed E-state index contributed by atoms with van der Waals surface area (Å²) in [6.45, 7) is 4.96. The molecule has 4 nitrogen and oxygen atoms in total. The number of ether oxygens (including phenoxy) is 2. The third-order valence-electron chi connectivity index (χ3n) is 2.32. The number of anilines is 1. The molecule has 1 heterocycles. The summed E-state index contributed by atoms with van der Waals surface area (Å²) < 4.78 is 10.7. The van der Waals surface area contributed by atoms with E-state index in [-0.39, 0.29) is 5.15 Å². The van der Waals surface area contributed by atoms with Gasteiger partial charge in [-0.3, -0.25) is 0 Å². The van der Waals surface area contributed by atoms with Gasteiger partial charge in [-0.1, -0.05) is 25.4 Å². The zero-order chi connectivity index (χ0) is 12.8. The van der Waals surface area contributed by atoms with E-state index in [1.807, 2.05) is 0 Å². The number of halogens is 1. The monoisotopic (exact) mass is 258 g/mol. The summed E-state index contributed by atoms with van der Waals surface area (Å²) in [4.78, 5) is 4.05. The minimum Gasteiger partial charge on any atom is -0.491 e. The fourth-order valence-corrected chi connectivity index (χ4v) is 1.51. The Hall–Kier alpha value is -1.16. The van der Waals surface area contributed by atoms with Gasteiger partial charge in [0.2, 0.25) is 0 Å². The number of aromatic nitrogens is 1. The summed E-state index contributed by atoms with van der Waals surface area (Å²) in [6, 6.07) is 1.62. The largest absolute Gasteiger partial charge is 0.491 e. The quantitative estimate of drug-likeness (QED) is 0.629. The van der Waals surface area contributed by atoms with E-state index in [2.05, 4.69) is 18.8 Å². The summed E-state index contributed by atoms with van der Waals surface area (Å²) in [5, 5.41) is 0.240. The summed E-state index contributed by atoms with van der Waals surface area (Å²) >= 11 is 5.83. The van der Waals surface area contributed by atoms with Gasteiger partial charge in [0.25, 0.3) is 5.88 Å². The van der Waals surface area contributed by atoms with Crippen LogP contribution >= 0.6 is 11.6 Å². The first-order valence-electron chi connectivity index (χ1n) is 5.67. The van der Waals surface area contributed by atoms with Gasteiger partial charge in [-0.2, -0.15) is 4.98 Å². The average Bonchev–Trinajstić information content (AvgIpc) is 2.28. The maximum atomic E-state index is 5.83. The highest BCUT2D eigenvalue weighted by atomic mass is 35.5. The molecule has 2 N–H and O–H groups in total. The lowest BCUT2D eigenvalue weighted by Gasteiger charge is -2.11. The van der Waals surface area contributed by atoms with Crippen LogP contribution in [0.15, 0.2) is 6.07 Å². The molecule has 0 aliphatic heterocycles. The van der Waals surface area contributed by atoms with Crippen molar-refractivity contribution in [2.24, 2.45) is 5.92 Å². The topological polar surface area (TPSA) is 57.4 Å². The van der Waals surface area contributed by atoms with Crippen LogP contribution in [0.4, 0.5) is 5.69 Å². The first-order chi connectivity index (χ1) is 8.04. The Labute approximate surface area is 107 Å². The van der Waals surface area contributed by atoms with Crippen molar-refractivity contribution in [2.45, 2.75) is 26.7 Å². The molecule has 0 spiro atoms. The van der Waals surface area contributed by atoms with Crippen molar-refractivity contribution in [1.82, 2.24) is 4.98 Å². The van der Waals surface area contributed by atoms with Crippen molar-refractivity contribution in [2.75, 3.05) is 19.5 Å². The van der Waals surface area contributed by atoms with E-state index in [0.717, 1.165) is 12.8 Å². The van der Waals surface area contributed by atoms with E-state index in [1.165, 1.54) is 0 Å². The molecule has 0 saturated heterocycles. The summed E-state index contributed by atoms with van der Waals surface area (Å²) in [6.07, 6.45) is 2.09. The van der Waals surface area contributed by atoms with Crippen LogP contribution in [0.3, 0.4) is 0 Å². The second kappa shape index (κ2) is 6.55. The molecular formula is C12H19ClN2O2. The number of hydrogen-bond donors (Lipinski definition) is 1. The molecule has 0 aliphatic rings. The van der Waals surface area contributed by atoms with Crippen LogP contribution in [0.5, 0.6) is 11.6 Å². The van der Waals surface area contributed by atoms with Crippen LogP contribution in [0.1, 0.15) is 26.7 Å². The molecule has 0 bridgehead atoms. The Morgan fingerprint density at radius 2 is 2.18 bits per heavy atom. The lowest BCUT2D eigenvalue weighted by Crippen LogP contribution is -2.04. The van der Waals surface area contributed by atoms with Crippen molar-refractivity contribution in [3.63, 3.8) is 0 Å². The van der Waals surface area contributed by atoms with Crippen LogP contribution in [0, 0.1) is 5.92 Å². The molecule has 0 atom stereocenters. The number of nitrogen functional groups attached to an aromatic ring is 1. The first kappa shape index (κ1) is 13.9. The molecule has 0 saturated carbocycles. The number of hydrogen-bond acceptors (Lipinski definition) is 4. The van der Waals surface area contributed by atoms with Gasteiger partial charge in [0.05, 0.1) is 19.4 Å². The van der Waals surface area contributed by atoms with Gasteiger partial charge in [-0.25, -0.2) is 0 Å². The average molecular weight is 259 g/mol. The molecule has 0 unspecified atom stereocenters. The number of nitrogens with zero attached hydrogens (tertiary/aromatic N) is 1. The van der Waals surface area contributed by atoms with Crippen molar-refractivity contribution in [1.29, 1.82) is 0 Å². The van der Waals surface area contributed by atoms with Crippen LogP contribution in [-0.4, -0.2) is 18.7 Å². The number of methoxy groups -OCH3 is 1. The highest BCUT2D eigenvalue weighted by Gasteiger charge is 2.10. The first-order valence-corrected chi connectivity index (χ1v) is 6.05. The molecule has 1 rings (SSSR count). The Morgan fingerprint density at radius 1 is 1.47 bits per heavy atom. The zero-order valence-electron chi connectivity index (χ0n) is 10.5. The summed E-state index contributed by atoms with van der Waals surface area (Å²) in [7, 11) is 1.55. The number of nitrogens with two attached hydrogens (primary N) is 1. The number of rotatable bonds is 6. The van der Waals surface area contributed by atoms with Crippen LogP contribution in [0.2, 0.25) is 5.15 Å². The van der Waals surface area contributed by atoms with E-state index >= 15 is 0 Å². The van der Waals surface area contributed by atoms with Gasteiger partial charge in [-0.15, -0.1) is 0 Å². The number of pyridine rings is 1. The molecule has 1 aromatic heterocycles. The van der Waals surface area contributed by atoms with Gasteiger partial charge < -0.3 is 15.2 Å². The van der Waals surface area contributed by atoms with Crippen molar-refractivity contribution < 1.29 is 9.47 Å². The van der Waals surface area contributed by atoms with E-state index in [1.54, 1.807) is 13.2 Å². The Balaban J connectivity index is 2.60. The fourth-order valence-electron chi connectivity index (χ4n) is 1.38. The molecule has 1 aromatic rings. The highest BCUT2D eigenvalue weighted by molar-refractivity contribution is 6.31.